The Morgan fingerprint density at radius 3 is 2.75 bits per heavy atom. The van der Waals surface area contributed by atoms with Crippen LogP contribution in [0, 0.1) is 5.82 Å². The molecule has 0 radical (unpaired) electrons. The zero-order chi connectivity index (χ0) is 29.0. The number of ether oxygens (including phenoxy) is 3. The van der Waals surface area contributed by atoms with E-state index < -0.39 is 23.4 Å². The molecule has 1 unspecified atom stereocenters. The minimum atomic E-state index is -0.950. The summed E-state index contributed by atoms with van der Waals surface area (Å²) < 4.78 is 34.1. The molecule has 2 bridgehead atoms. The van der Waals surface area contributed by atoms with Crippen LogP contribution in [0.1, 0.15) is 56.9 Å². The molecule has 1 atom stereocenters. The number of amides is 2. The van der Waals surface area contributed by atoms with Gasteiger partial charge in [-0.15, -0.1) is 10.2 Å². The first kappa shape index (κ1) is 28.9. The molecule has 1 aromatic carbocycles. The van der Waals surface area contributed by atoms with Gasteiger partial charge in [0, 0.05) is 18.7 Å². The van der Waals surface area contributed by atoms with Gasteiger partial charge in [0.2, 0.25) is 0 Å². The average molecular weight is 555 g/mol. The fourth-order valence-corrected chi connectivity index (χ4v) is 4.10. The van der Waals surface area contributed by atoms with Crippen LogP contribution in [0.5, 0.6) is 11.5 Å². The summed E-state index contributed by atoms with van der Waals surface area (Å²) in [7, 11) is 3.73. The standard InChI is InChI=1S/C28H35FN6O5/c1-18-9-8-13-38-22-16-20(29)23(39-14-12-33(5)6)15-19(22)26(36)35(27(37)40-28(2,3)4)24-11-7-10-21(31-24)25-32-30-17-34(18)25/h7,10-11,15-18H,8-9,12-14H2,1-6H3. The molecule has 1 aliphatic heterocycles. The molecular formula is C28H35FN6O5. The Hall–Kier alpha value is -4.06. The van der Waals surface area contributed by atoms with Gasteiger partial charge in [0.15, 0.2) is 17.4 Å². The number of likely N-dealkylation sites (N-methyl/N-ethyl adjacent to an activating group) is 1. The van der Waals surface area contributed by atoms with Crippen LogP contribution in [0.25, 0.3) is 11.5 Å². The van der Waals surface area contributed by atoms with Crippen molar-refractivity contribution in [3.8, 4) is 23.0 Å². The smallest absolute Gasteiger partial charge is 0.423 e. The predicted octanol–water partition coefficient (Wildman–Crippen LogP) is 4.74. The molecule has 4 rings (SSSR count). The molecule has 0 saturated heterocycles. The molecule has 11 nitrogen and oxygen atoms in total. The summed E-state index contributed by atoms with van der Waals surface area (Å²) in [6.07, 6.45) is 1.96. The Morgan fingerprint density at radius 2 is 2.02 bits per heavy atom. The van der Waals surface area contributed by atoms with Gasteiger partial charge < -0.3 is 23.7 Å². The molecule has 214 valence electrons. The van der Waals surface area contributed by atoms with E-state index in [0.29, 0.717) is 30.9 Å². The van der Waals surface area contributed by atoms with E-state index in [4.69, 9.17) is 14.2 Å². The number of aromatic nitrogens is 4. The maximum atomic E-state index is 15.1. The largest absolute Gasteiger partial charge is 0.493 e. The second-order valence-corrected chi connectivity index (χ2v) is 10.8. The molecule has 0 saturated carbocycles. The van der Waals surface area contributed by atoms with Crippen LogP contribution in [-0.4, -0.2) is 76.1 Å². The quantitative estimate of drug-likeness (QED) is 0.452. The van der Waals surface area contributed by atoms with Crippen molar-refractivity contribution in [2.45, 2.75) is 52.2 Å². The zero-order valence-electron chi connectivity index (χ0n) is 23.7. The van der Waals surface area contributed by atoms with Crippen LogP contribution in [-0.2, 0) is 4.74 Å². The number of hydrogen-bond donors (Lipinski definition) is 0. The first-order chi connectivity index (χ1) is 18.9. The molecule has 0 aliphatic carbocycles. The van der Waals surface area contributed by atoms with Crippen molar-refractivity contribution in [3.05, 3.63) is 48.0 Å². The Kier molecular flexibility index (Phi) is 8.67. The molecule has 40 heavy (non-hydrogen) atoms. The Bertz CT molecular complexity index is 1370. The van der Waals surface area contributed by atoms with Crippen molar-refractivity contribution >= 4 is 17.8 Å². The van der Waals surface area contributed by atoms with E-state index in [1.165, 1.54) is 12.1 Å². The van der Waals surface area contributed by atoms with Crippen molar-refractivity contribution in [1.82, 2.24) is 24.6 Å². The maximum absolute atomic E-state index is 15.1. The van der Waals surface area contributed by atoms with E-state index in [-0.39, 0.29) is 42.1 Å². The second-order valence-electron chi connectivity index (χ2n) is 10.8. The Morgan fingerprint density at radius 1 is 1.25 bits per heavy atom. The summed E-state index contributed by atoms with van der Waals surface area (Å²) >= 11 is 0. The van der Waals surface area contributed by atoms with E-state index in [0.717, 1.165) is 11.0 Å². The topological polar surface area (TPSA) is 112 Å². The van der Waals surface area contributed by atoms with E-state index in [2.05, 4.69) is 15.2 Å². The van der Waals surface area contributed by atoms with Crippen molar-refractivity contribution in [3.63, 3.8) is 0 Å². The van der Waals surface area contributed by atoms with Gasteiger partial charge in [0.1, 0.15) is 35.8 Å². The molecule has 2 aromatic heterocycles. The fourth-order valence-electron chi connectivity index (χ4n) is 4.10. The van der Waals surface area contributed by atoms with Gasteiger partial charge in [0.05, 0.1) is 12.2 Å². The fraction of sp³-hybridized carbons (Fsp3) is 0.464. The van der Waals surface area contributed by atoms with Gasteiger partial charge in [0.25, 0.3) is 5.91 Å². The number of imide groups is 1. The number of rotatable bonds is 4. The highest BCUT2D eigenvalue weighted by molar-refractivity contribution is 6.20. The molecule has 1 aliphatic rings. The van der Waals surface area contributed by atoms with Gasteiger partial charge in [-0.3, -0.25) is 4.79 Å². The van der Waals surface area contributed by atoms with Crippen LogP contribution in [0.4, 0.5) is 15.0 Å². The van der Waals surface area contributed by atoms with Crippen molar-refractivity contribution in [2.24, 2.45) is 0 Å². The third-order valence-electron chi connectivity index (χ3n) is 6.10. The molecule has 3 aromatic rings. The van der Waals surface area contributed by atoms with Crippen molar-refractivity contribution in [1.29, 1.82) is 0 Å². The lowest BCUT2D eigenvalue weighted by Gasteiger charge is -2.27. The number of benzene rings is 1. The summed E-state index contributed by atoms with van der Waals surface area (Å²) in [6.45, 7) is 8.02. The highest BCUT2D eigenvalue weighted by atomic mass is 19.1. The summed E-state index contributed by atoms with van der Waals surface area (Å²) in [6, 6.07) is 7.27. The van der Waals surface area contributed by atoms with Gasteiger partial charge in [-0.25, -0.2) is 14.2 Å². The minimum Gasteiger partial charge on any atom is -0.493 e. The number of anilines is 1. The Balaban J connectivity index is 1.86. The Labute approximate surface area is 232 Å². The van der Waals surface area contributed by atoms with E-state index >= 15 is 4.39 Å². The normalized spacial score (nSPS) is 16.1. The second kappa shape index (κ2) is 12.0. The molecule has 2 amide bonds. The molecule has 0 fully saturated rings. The summed E-state index contributed by atoms with van der Waals surface area (Å²) in [5.74, 6) is -1.14. The lowest BCUT2D eigenvalue weighted by atomic mass is 10.1. The average Bonchev–Trinajstić information content (AvgIpc) is 3.36. The minimum absolute atomic E-state index is 0.00126. The zero-order valence-corrected chi connectivity index (χ0v) is 23.7. The van der Waals surface area contributed by atoms with Crippen molar-refractivity contribution in [2.75, 3.05) is 38.8 Å². The van der Waals surface area contributed by atoms with Gasteiger partial charge in [-0.1, -0.05) is 6.07 Å². The van der Waals surface area contributed by atoms with Gasteiger partial charge in [-0.05, 0) is 72.8 Å². The monoisotopic (exact) mass is 554 g/mol. The van der Waals surface area contributed by atoms with Crippen LogP contribution >= 0.6 is 0 Å². The maximum Gasteiger partial charge on any atom is 0.423 e. The highest BCUT2D eigenvalue weighted by Crippen LogP contribution is 2.32. The molecule has 12 heteroatoms. The van der Waals surface area contributed by atoms with Gasteiger partial charge in [-0.2, -0.15) is 4.90 Å². The summed E-state index contributed by atoms with van der Waals surface area (Å²) in [4.78, 5) is 34.9. The van der Waals surface area contributed by atoms with Crippen LogP contribution < -0.4 is 14.4 Å². The molecule has 3 heterocycles. The lowest BCUT2D eigenvalue weighted by molar-refractivity contribution is 0.0562. The number of carbonyl (C=O) groups is 2. The molecular weight excluding hydrogens is 519 g/mol. The first-order valence-corrected chi connectivity index (χ1v) is 13.1. The predicted molar refractivity (Wildman–Crippen MR) is 146 cm³/mol. The number of nitrogens with zero attached hydrogens (tertiary/aromatic N) is 6. The number of hydrogen-bond acceptors (Lipinski definition) is 9. The highest BCUT2D eigenvalue weighted by Gasteiger charge is 2.34. The summed E-state index contributed by atoms with van der Waals surface area (Å²) in [5.41, 5.74) is -0.553. The van der Waals surface area contributed by atoms with E-state index in [1.54, 1.807) is 39.2 Å². The van der Waals surface area contributed by atoms with Gasteiger partial charge >= 0.3 is 6.09 Å². The third-order valence-corrected chi connectivity index (χ3v) is 6.10. The molecule has 0 spiro atoms. The number of halogens is 1. The van der Waals surface area contributed by atoms with Crippen LogP contribution in [0.3, 0.4) is 0 Å². The van der Waals surface area contributed by atoms with Crippen molar-refractivity contribution < 1.29 is 28.2 Å². The van der Waals surface area contributed by atoms with Crippen LogP contribution in [0.2, 0.25) is 0 Å². The number of pyridine rings is 1. The third kappa shape index (κ3) is 6.74. The SMILES string of the molecule is CC1CCCOc2cc(F)c(OCCN(C)C)cc2C(=O)N(C(=O)OC(C)(C)C)c2cccc(n2)-c2nncn21. The van der Waals surface area contributed by atoms with E-state index in [9.17, 15) is 9.59 Å². The number of carbonyl (C=O) groups excluding carboxylic acids is 2. The van der Waals surface area contributed by atoms with Crippen LogP contribution in [0.15, 0.2) is 36.7 Å². The molecule has 0 N–H and O–H groups in total. The lowest BCUT2D eigenvalue weighted by Crippen LogP contribution is -2.41. The first-order valence-electron chi connectivity index (χ1n) is 13.1. The number of fused-ring (bicyclic) bond motifs is 5. The van der Waals surface area contributed by atoms with E-state index in [1.807, 2.05) is 30.5 Å². The summed E-state index contributed by atoms with van der Waals surface area (Å²) in [5, 5.41) is 8.29.